The van der Waals surface area contributed by atoms with Gasteiger partial charge in [0.25, 0.3) is 10.0 Å². The summed E-state index contributed by atoms with van der Waals surface area (Å²) in [4.78, 5) is 37.1. The lowest BCUT2D eigenvalue weighted by atomic mass is 9.92. The van der Waals surface area contributed by atoms with E-state index in [-0.39, 0.29) is 24.7 Å². The Morgan fingerprint density at radius 2 is 1.67 bits per heavy atom. The highest BCUT2D eigenvalue weighted by atomic mass is 32.2. The number of nitrogens with one attached hydrogen (secondary N) is 2. The van der Waals surface area contributed by atoms with Gasteiger partial charge in [-0.05, 0) is 47.9 Å². The van der Waals surface area contributed by atoms with Gasteiger partial charge in [-0.25, -0.2) is 22.3 Å². The molecule has 1 aromatic rings. The quantitative estimate of drug-likeness (QED) is 0.727. The van der Waals surface area contributed by atoms with Gasteiger partial charge in [-0.1, -0.05) is 27.7 Å². The maximum Gasteiger partial charge on any atom is 0.332 e. The molecular formula is C20H28FN3O5S. The van der Waals surface area contributed by atoms with Crippen LogP contribution in [0.1, 0.15) is 76.8 Å². The first-order valence-electron chi connectivity index (χ1n) is 9.83. The van der Waals surface area contributed by atoms with Crippen LogP contribution in [0.2, 0.25) is 0 Å². The highest BCUT2D eigenvalue weighted by Gasteiger charge is 2.40. The van der Waals surface area contributed by atoms with Gasteiger partial charge in [-0.2, -0.15) is 0 Å². The lowest BCUT2D eigenvalue weighted by molar-refractivity contribution is -0.146. The third kappa shape index (κ3) is 5.16. The molecule has 0 aliphatic carbocycles. The van der Waals surface area contributed by atoms with Gasteiger partial charge < -0.3 is 5.32 Å². The van der Waals surface area contributed by atoms with Crippen molar-refractivity contribution in [1.29, 1.82) is 0 Å². The summed E-state index contributed by atoms with van der Waals surface area (Å²) in [7, 11) is -4.36. The number of hydrogen-bond acceptors (Lipinski definition) is 5. The number of halogens is 1. The van der Waals surface area contributed by atoms with Crippen LogP contribution in [0.25, 0.3) is 0 Å². The predicted molar refractivity (Wildman–Crippen MR) is 111 cm³/mol. The highest BCUT2D eigenvalue weighted by molar-refractivity contribution is 7.90. The molecule has 1 aliphatic rings. The van der Waals surface area contributed by atoms with E-state index in [0.29, 0.717) is 28.1 Å². The molecule has 10 heteroatoms. The number of amides is 4. The number of anilines is 1. The van der Waals surface area contributed by atoms with Crippen LogP contribution < -0.4 is 10.0 Å². The molecule has 8 nitrogen and oxygen atoms in total. The molecule has 0 bridgehead atoms. The summed E-state index contributed by atoms with van der Waals surface area (Å²) >= 11 is 0. The maximum atomic E-state index is 14.0. The molecule has 30 heavy (non-hydrogen) atoms. The number of benzene rings is 1. The molecule has 0 spiro atoms. The van der Waals surface area contributed by atoms with Gasteiger partial charge in [0.15, 0.2) is 5.37 Å². The Labute approximate surface area is 176 Å². The number of piperidine rings is 1. The van der Waals surface area contributed by atoms with E-state index in [0.717, 1.165) is 6.92 Å². The van der Waals surface area contributed by atoms with Crippen LogP contribution in [0.3, 0.4) is 0 Å². The van der Waals surface area contributed by atoms with Crippen LogP contribution in [-0.2, 0) is 19.6 Å². The fourth-order valence-electron chi connectivity index (χ4n) is 3.55. The van der Waals surface area contributed by atoms with Crippen molar-refractivity contribution >= 4 is 33.6 Å². The maximum absolute atomic E-state index is 14.0. The Kier molecular flexibility index (Phi) is 7.23. The van der Waals surface area contributed by atoms with Crippen molar-refractivity contribution in [2.45, 2.75) is 71.1 Å². The summed E-state index contributed by atoms with van der Waals surface area (Å²) in [5, 5.41) is 1.08. The number of hydrogen-bond donors (Lipinski definition) is 2. The zero-order chi connectivity index (χ0) is 22.8. The van der Waals surface area contributed by atoms with Crippen LogP contribution in [0, 0.1) is 5.82 Å². The van der Waals surface area contributed by atoms with Crippen molar-refractivity contribution < 1.29 is 27.2 Å². The zero-order valence-corrected chi connectivity index (χ0v) is 18.6. The first-order valence-corrected chi connectivity index (χ1v) is 11.4. The van der Waals surface area contributed by atoms with Gasteiger partial charge in [-0.3, -0.25) is 14.5 Å². The van der Waals surface area contributed by atoms with Gasteiger partial charge in [0.05, 0.1) is 0 Å². The van der Waals surface area contributed by atoms with E-state index >= 15 is 0 Å². The molecule has 0 saturated carbocycles. The molecule has 2 rings (SSSR count). The monoisotopic (exact) mass is 441 g/mol. The van der Waals surface area contributed by atoms with E-state index in [1.165, 1.54) is 12.1 Å². The molecule has 1 fully saturated rings. The molecule has 4 amide bonds. The zero-order valence-electron chi connectivity index (χ0n) is 17.8. The number of rotatable bonds is 5. The van der Waals surface area contributed by atoms with Crippen LogP contribution in [0.4, 0.5) is 14.9 Å². The SMILES string of the molecule is CC(=O)N1C(=O)CCCC1S(=O)(=O)NC(=O)Nc1c(C(C)C)cc(F)cc1C(C)C. The number of imide groups is 1. The van der Waals surface area contributed by atoms with E-state index in [4.69, 9.17) is 0 Å². The van der Waals surface area contributed by atoms with Crippen molar-refractivity contribution in [2.24, 2.45) is 0 Å². The van der Waals surface area contributed by atoms with Gasteiger partial charge >= 0.3 is 6.03 Å². The molecule has 0 radical (unpaired) electrons. The average Bonchev–Trinajstić information content (AvgIpc) is 2.61. The van der Waals surface area contributed by atoms with Crippen LogP contribution in [0.5, 0.6) is 0 Å². The third-order valence-corrected chi connectivity index (χ3v) is 6.61. The highest BCUT2D eigenvalue weighted by Crippen LogP contribution is 2.33. The number of nitrogens with zero attached hydrogens (tertiary/aromatic N) is 1. The topological polar surface area (TPSA) is 113 Å². The van der Waals surface area contributed by atoms with Gasteiger partial charge in [-0.15, -0.1) is 0 Å². The summed E-state index contributed by atoms with van der Waals surface area (Å²) in [5.74, 6) is -1.99. The molecule has 1 aromatic carbocycles. The largest absolute Gasteiger partial charge is 0.332 e. The molecule has 0 aromatic heterocycles. The van der Waals surface area contributed by atoms with E-state index < -0.39 is 39.1 Å². The van der Waals surface area contributed by atoms with Crippen molar-refractivity contribution in [3.8, 4) is 0 Å². The molecule has 2 N–H and O–H groups in total. The second-order valence-electron chi connectivity index (χ2n) is 8.00. The van der Waals surface area contributed by atoms with Crippen LogP contribution in [0.15, 0.2) is 12.1 Å². The number of likely N-dealkylation sites (tertiary alicyclic amines) is 1. The van der Waals surface area contributed by atoms with Crippen molar-refractivity contribution in [3.05, 3.63) is 29.1 Å². The van der Waals surface area contributed by atoms with Crippen LogP contribution in [-0.4, -0.2) is 36.5 Å². The first-order chi connectivity index (χ1) is 13.8. The molecule has 1 heterocycles. The molecular weight excluding hydrogens is 413 g/mol. The Hall–Kier alpha value is -2.49. The summed E-state index contributed by atoms with van der Waals surface area (Å²) in [6.07, 6.45) is 0.407. The standard InChI is InChI=1S/C20H28FN3O5S/c1-11(2)15-9-14(21)10-16(12(3)4)19(15)22-20(27)23-30(28,29)18-8-6-7-17(26)24(18)13(5)25/h9-12,18H,6-8H2,1-5H3,(H2,22,23,27). The molecule has 1 aliphatic heterocycles. The fraction of sp³-hybridized carbons (Fsp3) is 0.550. The van der Waals surface area contributed by atoms with E-state index in [1.54, 1.807) is 0 Å². The van der Waals surface area contributed by atoms with E-state index in [9.17, 15) is 27.2 Å². The minimum atomic E-state index is -4.36. The Morgan fingerprint density at radius 3 is 2.13 bits per heavy atom. The number of carbonyl (C=O) groups excluding carboxylic acids is 3. The summed E-state index contributed by atoms with van der Waals surface area (Å²) < 4.78 is 41.5. The predicted octanol–water partition coefficient (Wildman–Crippen LogP) is 3.41. The normalized spacial score (nSPS) is 17.4. The van der Waals surface area contributed by atoms with Crippen molar-refractivity contribution in [3.63, 3.8) is 0 Å². The summed E-state index contributed by atoms with van der Waals surface area (Å²) in [5.41, 5.74) is 1.41. The second-order valence-corrected chi connectivity index (χ2v) is 9.84. The lowest BCUT2D eigenvalue weighted by Gasteiger charge is -2.32. The Bertz CT molecular complexity index is 930. The Balaban J connectivity index is 2.33. The second kappa shape index (κ2) is 9.11. The average molecular weight is 442 g/mol. The molecule has 1 unspecified atom stereocenters. The number of sulfonamides is 1. The van der Waals surface area contributed by atoms with Crippen molar-refractivity contribution in [2.75, 3.05) is 5.32 Å². The number of urea groups is 1. The van der Waals surface area contributed by atoms with E-state index in [1.807, 2.05) is 32.4 Å². The minimum Gasteiger partial charge on any atom is -0.307 e. The van der Waals surface area contributed by atoms with Gasteiger partial charge in [0, 0.05) is 19.0 Å². The Morgan fingerprint density at radius 1 is 1.13 bits per heavy atom. The summed E-state index contributed by atoms with van der Waals surface area (Å²) in [6.45, 7) is 8.43. The van der Waals surface area contributed by atoms with Gasteiger partial charge in [0.1, 0.15) is 5.82 Å². The molecule has 166 valence electrons. The fourth-order valence-corrected chi connectivity index (χ4v) is 5.02. The van der Waals surface area contributed by atoms with E-state index in [2.05, 4.69) is 5.32 Å². The van der Waals surface area contributed by atoms with Crippen LogP contribution >= 0.6 is 0 Å². The molecule has 1 atom stereocenters. The first kappa shape index (κ1) is 23.8. The number of carbonyl (C=O) groups is 3. The van der Waals surface area contributed by atoms with Crippen molar-refractivity contribution in [1.82, 2.24) is 9.62 Å². The molecule has 1 saturated heterocycles. The lowest BCUT2D eigenvalue weighted by Crippen LogP contribution is -2.54. The van der Waals surface area contributed by atoms with Gasteiger partial charge in [0.2, 0.25) is 11.8 Å². The summed E-state index contributed by atoms with van der Waals surface area (Å²) in [6, 6.07) is 1.57. The smallest absolute Gasteiger partial charge is 0.307 e. The minimum absolute atomic E-state index is 0.0406. The third-order valence-electron chi connectivity index (χ3n) is 4.98.